The summed E-state index contributed by atoms with van der Waals surface area (Å²) in [6.45, 7) is 0. The van der Waals surface area contributed by atoms with Crippen molar-refractivity contribution in [1.82, 2.24) is 0 Å². The van der Waals surface area contributed by atoms with Gasteiger partial charge in [-0.2, -0.15) is 5.26 Å². The zero-order valence-corrected chi connectivity index (χ0v) is 16.0. The van der Waals surface area contributed by atoms with Crippen molar-refractivity contribution in [3.8, 4) is 17.6 Å². The molecule has 1 N–H and O–H groups in total. The van der Waals surface area contributed by atoms with E-state index in [4.69, 9.17) is 27.9 Å². The quantitative estimate of drug-likeness (QED) is 0.396. The van der Waals surface area contributed by atoms with Gasteiger partial charge in [-0.05, 0) is 48.0 Å². The number of anilines is 1. The van der Waals surface area contributed by atoms with Crippen molar-refractivity contribution >= 4 is 40.9 Å². The first-order chi connectivity index (χ1) is 13.6. The second-order valence-electron chi connectivity index (χ2n) is 5.70. The first kappa shape index (κ1) is 19.5. The number of hydrogen-bond acceptors (Lipinski definition) is 3. The Morgan fingerprint density at radius 3 is 2.43 bits per heavy atom. The maximum Gasteiger partial charge on any atom is 0.266 e. The number of ether oxygens (including phenoxy) is 1. The third kappa shape index (κ3) is 4.92. The number of carbonyl (C=O) groups excluding carboxylic acids is 1. The van der Waals surface area contributed by atoms with Crippen LogP contribution in [0.25, 0.3) is 6.08 Å². The average Bonchev–Trinajstić information content (AvgIpc) is 2.69. The highest BCUT2D eigenvalue weighted by atomic mass is 35.5. The molecule has 0 saturated heterocycles. The first-order valence-electron chi connectivity index (χ1n) is 8.27. The van der Waals surface area contributed by atoms with Crippen molar-refractivity contribution < 1.29 is 9.53 Å². The van der Waals surface area contributed by atoms with Crippen LogP contribution in [-0.2, 0) is 4.79 Å². The van der Waals surface area contributed by atoms with E-state index in [9.17, 15) is 10.1 Å². The molecule has 0 radical (unpaired) electrons. The Labute approximate surface area is 172 Å². The number of halogens is 2. The normalized spacial score (nSPS) is 10.8. The molecule has 0 unspecified atom stereocenters. The minimum atomic E-state index is -0.572. The van der Waals surface area contributed by atoms with E-state index < -0.39 is 5.91 Å². The molecule has 0 saturated carbocycles. The van der Waals surface area contributed by atoms with Gasteiger partial charge in [0.2, 0.25) is 0 Å². The van der Waals surface area contributed by atoms with Gasteiger partial charge in [-0.15, -0.1) is 0 Å². The van der Waals surface area contributed by atoms with E-state index in [1.165, 1.54) is 6.08 Å². The number of nitrogens with one attached hydrogen (secondary N) is 1. The molecule has 0 spiro atoms. The Morgan fingerprint density at radius 2 is 1.71 bits per heavy atom. The van der Waals surface area contributed by atoms with Crippen molar-refractivity contribution in [1.29, 1.82) is 5.26 Å². The number of amides is 1. The fraction of sp³-hybridized carbons (Fsp3) is 0. The SMILES string of the molecule is N#C/C(=C\c1ccc(Cl)cc1Cl)C(=O)Nc1ccccc1Oc1ccccc1. The second-order valence-corrected chi connectivity index (χ2v) is 6.54. The molecule has 0 aromatic heterocycles. The Morgan fingerprint density at radius 1 is 1.00 bits per heavy atom. The molecule has 0 bridgehead atoms. The van der Waals surface area contributed by atoms with Gasteiger partial charge in [-0.1, -0.05) is 59.6 Å². The highest BCUT2D eigenvalue weighted by Gasteiger charge is 2.13. The van der Waals surface area contributed by atoms with Crippen LogP contribution in [0.4, 0.5) is 5.69 Å². The van der Waals surface area contributed by atoms with Gasteiger partial charge in [-0.3, -0.25) is 4.79 Å². The highest BCUT2D eigenvalue weighted by molar-refractivity contribution is 6.35. The van der Waals surface area contributed by atoms with Gasteiger partial charge in [0.25, 0.3) is 5.91 Å². The lowest BCUT2D eigenvalue weighted by molar-refractivity contribution is -0.112. The topological polar surface area (TPSA) is 62.1 Å². The maximum absolute atomic E-state index is 12.6. The summed E-state index contributed by atoms with van der Waals surface area (Å²) in [5.41, 5.74) is 0.866. The molecule has 1 amide bonds. The van der Waals surface area contributed by atoms with E-state index in [1.54, 1.807) is 42.5 Å². The van der Waals surface area contributed by atoms with Crippen molar-refractivity contribution in [2.24, 2.45) is 0 Å². The zero-order chi connectivity index (χ0) is 19.9. The molecule has 138 valence electrons. The summed E-state index contributed by atoms with van der Waals surface area (Å²) in [5, 5.41) is 12.9. The largest absolute Gasteiger partial charge is 0.455 e. The number of para-hydroxylation sites is 3. The Kier molecular flexibility index (Phi) is 6.33. The molecule has 3 rings (SSSR count). The summed E-state index contributed by atoms with van der Waals surface area (Å²) in [4.78, 5) is 12.6. The van der Waals surface area contributed by atoms with Crippen LogP contribution >= 0.6 is 23.2 Å². The van der Waals surface area contributed by atoms with Gasteiger partial charge in [0.1, 0.15) is 17.4 Å². The van der Waals surface area contributed by atoms with Gasteiger partial charge in [0.15, 0.2) is 5.75 Å². The standard InChI is InChI=1S/C22H14Cl2N2O2/c23-17-11-10-15(19(24)13-17)12-16(14-25)22(27)26-20-8-4-5-9-21(20)28-18-6-2-1-3-7-18/h1-13H,(H,26,27)/b16-12+. The van der Waals surface area contributed by atoms with Crippen LogP contribution in [0.5, 0.6) is 11.5 Å². The molecule has 3 aromatic carbocycles. The number of nitrogens with zero attached hydrogens (tertiary/aromatic N) is 1. The molecule has 4 nitrogen and oxygen atoms in total. The van der Waals surface area contributed by atoms with Crippen LogP contribution in [0.1, 0.15) is 5.56 Å². The molecule has 0 aliphatic rings. The van der Waals surface area contributed by atoms with Crippen molar-refractivity contribution in [3.05, 3.63) is 94.0 Å². The molecular formula is C22H14Cl2N2O2. The molecule has 0 fully saturated rings. The summed E-state index contributed by atoms with van der Waals surface area (Å²) in [7, 11) is 0. The maximum atomic E-state index is 12.6. The number of hydrogen-bond donors (Lipinski definition) is 1. The third-order valence-corrected chi connectivity index (χ3v) is 4.30. The van der Waals surface area contributed by atoms with Gasteiger partial charge < -0.3 is 10.1 Å². The smallest absolute Gasteiger partial charge is 0.266 e. The molecule has 0 aliphatic heterocycles. The zero-order valence-electron chi connectivity index (χ0n) is 14.5. The van der Waals surface area contributed by atoms with Gasteiger partial charge in [-0.25, -0.2) is 0 Å². The molecule has 0 heterocycles. The van der Waals surface area contributed by atoms with Gasteiger partial charge in [0.05, 0.1) is 5.69 Å². The number of rotatable bonds is 5. The lowest BCUT2D eigenvalue weighted by Gasteiger charge is -2.12. The summed E-state index contributed by atoms with van der Waals surface area (Å²) in [5.74, 6) is 0.523. The van der Waals surface area contributed by atoms with E-state index in [0.717, 1.165) is 0 Å². The van der Waals surface area contributed by atoms with Crippen LogP contribution < -0.4 is 10.1 Å². The Balaban J connectivity index is 1.84. The fourth-order valence-electron chi connectivity index (χ4n) is 2.39. The summed E-state index contributed by atoms with van der Waals surface area (Å²) in [6, 6.07) is 22.9. The van der Waals surface area contributed by atoms with Crippen LogP contribution in [0, 0.1) is 11.3 Å². The molecule has 0 aliphatic carbocycles. The third-order valence-electron chi connectivity index (χ3n) is 3.73. The number of benzene rings is 3. The fourth-order valence-corrected chi connectivity index (χ4v) is 2.85. The number of carbonyl (C=O) groups is 1. The molecule has 0 atom stereocenters. The van der Waals surface area contributed by atoms with Gasteiger partial charge >= 0.3 is 0 Å². The van der Waals surface area contributed by atoms with E-state index in [0.29, 0.717) is 32.8 Å². The Hall–Kier alpha value is -3.26. The monoisotopic (exact) mass is 408 g/mol. The highest BCUT2D eigenvalue weighted by Crippen LogP contribution is 2.30. The van der Waals surface area contributed by atoms with Crippen LogP contribution in [0.15, 0.2) is 78.4 Å². The first-order valence-corrected chi connectivity index (χ1v) is 9.02. The summed E-state index contributed by atoms with van der Waals surface area (Å²) >= 11 is 12.0. The van der Waals surface area contributed by atoms with Crippen LogP contribution in [0.2, 0.25) is 10.0 Å². The summed E-state index contributed by atoms with van der Waals surface area (Å²) in [6.07, 6.45) is 1.41. The van der Waals surface area contributed by atoms with E-state index in [-0.39, 0.29) is 5.57 Å². The average molecular weight is 409 g/mol. The lowest BCUT2D eigenvalue weighted by atomic mass is 10.1. The molecule has 3 aromatic rings. The van der Waals surface area contributed by atoms with Crippen LogP contribution in [-0.4, -0.2) is 5.91 Å². The van der Waals surface area contributed by atoms with Gasteiger partial charge in [0, 0.05) is 10.0 Å². The Bertz CT molecular complexity index is 1070. The lowest BCUT2D eigenvalue weighted by Crippen LogP contribution is -2.14. The predicted octanol–water partition coefficient (Wildman–Crippen LogP) is 6.33. The minimum Gasteiger partial charge on any atom is -0.455 e. The number of nitriles is 1. The van der Waals surface area contributed by atoms with Crippen molar-refractivity contribution in [2.75, 3.05) is 5.32 Å². The predicted molar refractivity (Wildman–Crippen MR) is 112 cm³/mol. The molecular weight excluding hydrogens is 395 g/mol. The van der Waals surface area contributed by atoms with E-state index in [2.05, 4.69) is 5.32 Å². The van der Waals surface area contributed by atoms with Crippen molar-refractivity contribution in [3.63, 3.8) is 0 Å². The molecule has 28 heavy (non-hydrogen) atoms. The molecule has 6 heteroatoms. The summed E-state index contributed by atoms with van der Waals surface area (Å²) < 4.78 is 5.82. The second kappa shape index (κ2) is 9.09. The van der Waals surface area contributed by atoms with E-state index >= 15 is 0 Å². The van der Waals surface area contributed by atoms with Crippen LogP contribution in [0.3, 0.4) is 0 Å². The van der Waals surface area contributed by atoms with Crippen molar-refractivity contribution in [2.45, 2.75) is 0 Å². The minimum absolute atomic E-state index is 0.0984. The van der Waals surface area contributed by atoms with E-state index in [1.807, 2.05) is 36.4 Å².